The molecule has 2 nitrogen and oxygen atoms in total. The third-order valence-corrected chi connectivity index (χ3v) is 3.44. The van der Waals surface area contributed by atoms with E-state index in [0.29, 0.717) is 0 Å². The predicted molar refractivity (Wildman–Crippen MR) is 62.1 cm³/mol. The molecular weight excluding hydrogens is 206 g/mol. The molecule has 2 heterocycles. The first kappa shape index (κ1) is 10.3. The number of aliphatic hydroxyl groups excluding tert-OH is 1. The number of pyridine rings is 1. The summed E-state index contributed by atoms with van der Waals surface area (Å²) >= 11 is 1.57. The molecule has 0 saturated heterocycles. The number of hydrogen-bond donors (Lipinski definition) is 1. The van der Waals surface area contributed by atoms with E-state index in [9.17, 15) is 5.11 Å². The summed E-state index contributed by atoms with van der Waals surface area (Å²) < 4.78 is 0. The van der Waals surface area contributed by atoms with Crippen molar-refractivity contribution < 1.29 is 5.11 Å². The number of aryl methyl sites for hydroxylation is 2. The lowest BCUT2D eigenvalue weighted by Gasteiger charge is -2.09. The maximum absolute atomic E-state index is 10.1. The normalized spacial score (nSPS) is 12.7. The Balaban J connectivity index is 2.36. The van der Waals surface area contributed by atoms with Crippen LogP contribution >= 0.6 is 11.3 Å². The molecule has 1 atom stereocenters. The highest BCUT2D eigenvalue weighted by molar-refractivity contribution is 7.10. The zero-order chi connectivity index (χ0) is 10.8. The van der Waals surface area contributed by atoms with Gasteiger partial charge in [0.1, 0.15) is 6.10 Å². The van der Waals surface area contributed by atoms with Crippen LogP contribution in [-0.2, 0) is 0 Å². The molecule has 15 heavy (non-hydrogen) atoms. The summed E-state index contributed by atoms with van der Waals surface area (Å²) in [6, 6.07) is 5.86. The van der Waals surface area contributed by atoms with Gasteiger partial charge in [0.05, 0.1) is 5.69 Å². The molecule has 3 heteroatoms. The maximum Gasteiger partial charge on any atom is 0.130 e. The minimum absolute atomic E-state index is 0.593. The van der Waals surface area contributed by atoms with Crippen molar-refractivity contribution in [1.29, 1.82) is 0 Å². The topological polar surface area (TPSA) is 33.1 Å². The minimum atomic E-state index is -0.593. The fourth-order valence-corrected chi connectivity index (χ4v) is 2.43. The van der Waals surface area contributed by atoms with Crippen LogP contribution in [0, 0.1) is 13.8 Å². The predicted octanol–water partition coefficient (Wildman–Crippen LogP) is 2.84. The van der Waals surface area contributed by atoms with Gasteiger partial charge in [-0.1, -0.05) is 0 Å². The Morgan fingerprint density at radius 1 is 1.33 bits per heavy atom. The third kappa shape index (κ3) is 2.08. The van der Waals surface area contributed by atoms with Gasteiger partial charge in [-0.3, -0.25) is 4.98 Å². The highest BCUT2D eigenvalue weighted by Crippen LogP contribution is 2.28. The fraction of sp³-hybridized carbons (Fsp3) is 0.250. The molecule has 2 aromatic heterocycles. The number of aromatic nitrogens is 1. The first-order valence-corrected chi connectivity index (χ1v) is 5.71. The molecule has 0 saturated carbocycles. The van der Waals surface area contributed by atoms with Crippen LogP contribution < -0.4 is 0 Å². The van der Waals surface area contributed by atoms with Crippen molar-refractivity contribution in [3.8, 4) is 0 Å². The zero-order valence-electron chi connectivity index (χ0n) is 8.77. The first-order valence-electron chi connectivity index (χ1n) is 4.83. The van der Waals surface area contributed by atoms with Crippen LogP contribution in [0.3, 0.4) is 0 Å². The summed E-state index contributed by atoms with van der Waals surface area (Å²) in [6.07, 6.45) is 1.14. The van der Waals surface area contributed by atoms with E-state index in [1.165, 1.54) is 0 Å². The van der Waals surface area contributed by atoms with E-state index in [-0.39, 0.29) is 0 Å². The Morgan fingerprint density at radius 3 is 2.73 bits per heavy atom. The van der Waals surface area contributed by atoms with Crippen LogP contribution in [0.2, 0.25) is 0 Å². The number of rotatable bonds is 2. The van der Waals surface area contributed by atoms with Crippen LogP contribution in [0.5, 0.6) is 0 Å². The monoisotopic (exact) mass is 219 g/mol. The lowest BCUT2D eigenvalue weighted by Crippen LogP contribution is -2.01. The SMILES string of the molecule is Cc1ccnc(C(O)c2sccc2C)c1. The van der Waals surface area contributed by atoms with Crippen molar-refractivity contribution in [1.82, 2.24) is 4.98 Å². The zero-order valence-corrected chi connectivity index (χ0v) is 9.58. The van der Waals surface area contributed by atoms with Gasteiger partial charge in [-0.05, 0) is 48.6 Å². The first-order chi connectivity index (χ1) is 7.18. The minimum Gasteiger partial charge on any atom is -0.381 e. The van der Waals surface area contributed by atoms with Crippen LogP contribution in [-0.4, -0.2) is 10.1 Å². The highest BCUT2D eigenvalue weighted by atomic mass is 32.1. The summed E-state index contributed by atoms with van der Waals surface area (Å²) in [5.74, 6) is 0. The smallest absolute Gasteiger partial charge is 0.130 e. The third-order valence-electron chi connectivity index (χ3n) is 2.37. The van der Waals surface area contributed by atoms with Crippen LogP contribution in [0.25, 0.3) is 0 Å². The molecular formula is C12H13NOS. The van der Waals surface area contributed by atoms with Crippen molar-refractivity contribution in [2.24, 2.45) is 0 Å². The van der Waals surface area contributed by atoms with E-state index in [1.807, 2.05) is 37.4 Å². The van der Waals surface area contributed by atoms with E-state index in [4.69, 9.17) is 0 Å². The van der Waals surface area contributed by atoms with Crippen molar-refractivity contribution in [3.05, 3.63) is 51.5 Å². The van der Waals surface area contributed by atoms with Crippen LogP contribution in [0.1, 0.15) is 27.8 Å². The molecule has 0 aliphatic carbocycles. The van der Waals surface area contributed by atoms with Crippen LogP contribution in [0.4, 0.5) is 0 Å². The summed E-state index contributed by atoms with van der Waals surface area (Å²) in [6.45, 7) is 4.00. The molecule has 0 bridgehead atoms. The highest BCUT2D eigenvalue weighted by Gasteiger charge is 2.15. The Bertz CT molecular complexity index is 464. The molecule has 0 spiro atoms. The number of thiophene rings is 1. The molecule has 78 valence electrons. The number of aliphatic hydroxyl groups is 1. The van der Waals surface area contributed by atoms with Gasteiger partial charge in [0.15, 0.2) is 0 Å². The van der Waals surface area contributed by atoms with Crippen molar-refractivity contribution in [2.45, 2.75) is 20.0 Å². The number of hydrogen-bond acceptors (Lipinski definition) is 3. The van der Waals surface area contributed by atoms with Gasteiger partial charge in [-0.15, -0.1) is 11.3 Å². The summed E-state index contributed by atoms with van der Waals surface area (Å²) in [5.41, 5.74) is 2.96. The van der Waals surface area contributed by atoms with E-state index in [0.717, 1.165) is 21.7 Å². The molecule has 0 fully saturated rings. The van der Waals surface area contributed by atoms with E-state index < -0.39 is 6.10 Å². The van der Waals surface area contributed by atoms with Crippen molar-refractivity contribution in [2.75, 3.05) is 0 Å². The Hall–Kier alpha value is -1.19. The van der Waals surface area contributed by atoms with Gasteiger partial charge in [-0.2, -0.15) is 0 Å². The summed E-state index contributed by atoms with van der Waals surface area (Å²) in [7, 11) is 0. The molecule has 0 amide bonds. The average Bonchev–Trinajstić information content (AvgIpc) is 2.63. The molecule has 2 aromatic rings. The quantitative estimate of drug-likeness (QED) is 0.842. The van der Waals surface area contributed by atoms with Gasteiger partial charge < -0.3 is 5.11 Å². The second-order valence-electron chi connectivity index (χ2n) is 3.63. The van der Waals surface area contributed by atoms with Gasteiger partial charge in [-0.25, -0.2) is 0 Å². The average molecular weight is 219 g/mol. The van der Waals surface area contributed by atoms with E-state index in [2.05, 4.69) is 4.98 Å². The lowest BCUT2D eigenvalue weighted by molar-refractivity contribution is 0.218. The fourth-order valence-electron chi connectivity index (χ4n) is 1.51. The van der Waals surface area contributed by atoms with Gasteiger partial charge in [0.25, 0.3) is 0 Å². The molecule has 0 aliphatic heterocycles. The standard InChI is InChI=1S/C12H13NOS/c1-8-3-5-13-10(7-8)11(14)12-9(2)4-6-15-12/h3-7,11,14H,1-2H3. The molecule has 0 radical (unpaired) electrons. The Labute approximate surface area is 93.2 Å². The van der Waals surface area contributed by atoms with Gasteiger partial charge >= 0.3 is 0 Å². The van der Waals surface area contributed by atoms with E-state index in [1.54, 1.807) is 17.5 Å². The van der Waals surface area contributed by atoms with Crippen LogP contribution in [0.15, 0.2) is 29.8 Å². The molecule has 2 rings (SSSR count). The second kappa shape index (κ2) is 4.13. The Kier molecular flexibility index (Phi) is 2.84. The lowest BCUT2D eigenvalue weighted by atomic mass is 10.1. The summed E-state index contributed by atoms with van der Waals surface area (Å²) in [5, 5.41) is 12.1. The molecule has 1 unspecified atom stereocenters. The maximum atomic E-state index is 10.1. The Morgan fingerprint density at radius 2 is 2.13 bits per heavy atom. The van der Waals surface area contributed by atoms with Gasteiger partial charge in [0.2, 0.25) is 0 Å². The summed E-state index contributed by atoms with van der Waals surface area (Å²) in [4.78, 5) is 5.17. The number of nitrogens with zero attached hydrogens (tertiary/aromatic N) is 1. The molecule has 0 aliphatic rings. The van der Waals surface area contributed by atoms with E-state index >= 15 is 0 Å². The van der Waals surface area contributed by atoms with Gasteiger partial charge in [0, 0.05) is 11.1 Å². The molecule has 0 aromatic carbocycles. The van der Waals surface area contributed by atoms with Crippen molar-refractivity contribution in [3.63, 3.8) is 0 Å². The largest absolute Gasteiger partial charge is 0.381 e. The molecule has 1 N–H and O–H groups in total. The van der Waals surface area contributed by atoms with Crippen molar-refractivity contribution >= 4 is 11.3 Å². The second-order valence-corrected chi connectivity index (χ2v) is 4.58.